The van der Waals surface area contributed by atoms with Crippen molar-refractivity contribution in [2.75, 3.05) is 0 Å². The molecule has 0 radical (unpaired) electrons. The molecule has 7 nitrogen and oxygen atoms in total. The van der Waals surface area contributed by atoms with E-state index in [4.69, 9.17) is 14.6 Å². The van der Waals surface area contributed by atoms with Crippen molar-refractivity contribution in [3.8, 4) is 0 Å². The summed E-state index contributed by atoms with van der Waals surface area (Å²) in [6, 6.07) is 0. The van der Waals surface area contributed by atoms with Gasteiger partial charge in [-0.2, -0.15) is 0 Å². The largest absolute Gasteiger partial charge is 0.481 e. The second-order valence-electron chi connectivity index (χ2n) is 6.60. The Morgan fingerprint density at radius 3 is 2.13 bits per heavy atom. The highest BCUT2D eigenvalue weighted by molar-refractivity contribution is 5.73. The molecule has 0 aliphatic carbocycles. The lowest BCUT2D eigenvalue weighted by atomic mass is 9.86. The van der Waals surface area contributed by atoms with Crippen LogP contribution in [-0.4, -0.2) is 35.0 Å². The Balaban J connectivity index is 4.93. The fraction of sp³-hybridized carbons (Fsp3) is 0.812. The van der Waals surface area contributed by atoms with Crippen LogP contribution < -0.4 is 5.32 Å². The normalized spacial score (nSPS) is 16.1. The van der Waals surface area contributed by atoms with Crippen LogP contribution in [0.4, 0.5) is 4.79 Å². The highest BCUT2D eigenvalue weighted by Gasteiger charge is 2.33. The molecule has 0 aliphatic heterocycles. The minimum Gasteiger partial charge on any atom is -0.481 e. The Labute approximate surface area is 137 Å². The Morgan fingerprint density at radius 2 is 1.74 bits per heavy atom. The lowest BCUT2D eigenvalue weighted by Gasteiger charge is -2.32. The molecule has 0 saturated carbocycles. The molecule has 1 amide bonds. The van der Waals surface area contributed by atoms with Crippen LogP contribution in [0.15, 0.2) is 0 Å². The number of rotatable bonds is 9. The number of carbonyl (C=O) groups is 3. The van der Waals surface area contributed by atoms with Crippen LogP contribution >= 0.6 is 0 Å². The SMILES string of the molecule is CC[C@@H](C)C[C@@](C)(CC(=O)O)NC(=O)O[C@H](OC(C)=O)C(C)C. The molecule has 0 rings (SSSR count). The molecule has 23 heavy (non-hydrogen) atoms. The number of esters is 1. The minimum atomic E-state index is -1.01. The average molecular weight is 331 g/mol. The van der Waals surface area contributed by atoms with E-state index in [9.17, 15) is 14.4 Å². The maximum absolute atomic E-state index is 12.1. The molecule has 0 saturated heterocycles. The van der Waals surface area contributed by atoms with Crippen LogP contribution in [0.3, 0.4) is 0 Å². The quantitative estimate of drug-likeness (QED) is 0.497. The number of carboxylic acid groups (broad SMARTS) is 1. The summed E-state index contributed by atoms with van der Waals surface area (Å²) in [5.41, 5.74) is -0.934. The van der Waals surface area contributed by atoms with E-state index < -0.39 is 29.9 Å². The fourth-order valence-corrected chi connectivity index (χ4v) is 2.26. The zero-order valence-corrected chi connectivity index (χ0v) is 14.8. The van der Waals surface area contributed by atoms with Crippen LogP contribution in [0.1, 0.15) is 60.8 Å². The highest BCUT2D eigenvalue weighted by atomic mass is 16.7. The molecular formula is C16H29NO6. The lowest BCUT2D eigenvalue weighted by molar-refractivity contribution is -0.172. The standard InChI is InChI=1S/C16H29NO6/c1-7-11(4)8-16(6,9-13(19)20)17-15(21)23-14(10(2)3)22-12(5)18/h10-11,14H,7-9H2,1-6H3,(H,17,21)(H,19,20)/t11-,14+,16+/m1/s1. The van der Waals surface area contributed by atoms with Crippen LogP contribution in [-0.2, 0) is 19.1 Å². The summed E-state index contributed by atoms with van der Waals surface area (Å²) in [5, 5.41) is 11.7. The fourth-order valence-electron chi connectivity index (χ4n) is 2.26. The molecule has 0 aliphatic rings. The van der Waals surface area contributed by atoms with Gasteiger partial charge in [0.25, 0.3) is 6.29 Å². The Kier molecular flexibility index (Phi) is 8.64. The highest BCUT2D eigenvalue weighted by Crippen LogP contribution is 2.23. The van der Waals surface area contributed by atoms with Gasteiger partial charge in [0.2, 0.25) is 0 Å². The van der Waals surface area contributed by atoms with Gasteiger partial charge in [-0.15, -0.1) is 0 Å². The van der Waals surface area contributed by atoms with Gasteiger partial charge in [0.1, 0.15) is 0 Å². The van der Waals surface area contributed by atoms with E-state index in [2.05, 4.69) is 5.32 Å². The Hall–Kier alpha value is -1.79. The summed E-state index contributed by atoms with van der Waals surface area (Å²) >= 11 is 0. The van der Waals surface area contributed by atoms with Crippen molar-refractivity contribution in [2.24, 2.45) is 11.8 Å². The van der Waals surface area contributed by atoms with Crippen LogP contribution in [0.2, 0.25) is 0 Å². The summed E-state index contributed by atoms with van der Waals surface area (Å²) in [6.07, 6.45) is -0.646. The number of nitrogens with one attached hydrogen (secondary N) is 1. The summed E-state index contributed by atoms with van der Waals surface area (Å²) < 4.78 is 10.1. The molecule has 3 atom stereocenters. The summed E-state index contributed by atoms with van der Waals surface area (Å²) in [7, 11) is 0. The van der Waals surface area contributed by atoms with Crippen LogP contribution in [0, 0.1) is 11.8 Å². The summed E-state index contributed by atoms with van der Waals surface area (Å²) in [6.45, 7) is 10.4. The van der Waals surface area contributed by atoms with Gasteiger partial charge in [0.05, 0.1) is 12.0 Å². The predicted octanol–water partition coefficient (Wildman–Crippen LogP) is 2.93. The first-order valence-electron chi connectivity index (χ1n) is 7.87. The molecule has 0 aromatic heterocycles. The molecule has 0 heterocycles. The van der Waals surface area contributed by atoms with Crippen molar-refractivity contribution in [1.82, 2.24) is 5.32 Å². The van der Waals surface area contributed by atoms with Crippen molar-refractivity contribution in [3.63, 3.8) is 0 Å². The second kappa shape index (κ2) is 9.37. The first-order chi connectivity index (χ1) is 10.5. The predicted molar refractivity (Wildman–Crippen MR) is 84.7 cm³/mol. The number of ether oxygens (including phenoxy) is 2. The zero-order chi connectivity index (χ0) is 18.2. The van der Waals surface area contributed by atoms with Crippen molar-refractivity contribution in [1.29, 1.82) is 0 Å². The third kappa shape index (κ3) is 9.05. The second-order valence-corrected chi connectivity index (χ2v) is 6.60. The third-order valence-electron chi connectivity index (χ3n) is 3.49. The Morgan fingerprint density at radius 1 is 1.17 bits per heavy atom. The van der Waals surface area contributed by atoms with Crippen LogP contribution in [0.5, 0.6) is 0 Å². The van der Waals surface area contributed by atoms with Gasteiger partial charge in [-0.1, -0.05) is 34.1 Å². The number of hydrogen-bond acceptors (Lipinski definition) is 5. The van der Waals surface area contributed by atoms with Gasteiger partial charge in [-0.25, -0.2) is 4.79 Å². The maximum Gasteiger partial charge on any atom is 0.410 e. The molecule has 0 bridgehead atoms. The van der Waals surface area contributed by atoms with Gasteiger partial charge >= 0.3 is 18.0 Å². The molecule has 0 unspecified atom stereocenters. The van der Waals surface area contributed by atoms with Crippen molar-refractivity contribution < 1.29 is 29.0 Å². The van der Waals surface area contributed by atoms with E-state index in [1.54, 1.807) is 20.8 Å². The summed E-state index contributed by atoms with van der Waals surface area (Å²) in [5.74, 6) is -1.53. The summed E-state index contributed by atoms with van der Waals surface area (Å²) in [4.78, 5) is 34.2. The van der Waals surface area contributed by atoms with E-state index in [0.29, 0.717) is 6.42 Å². The lowest BCUT2D eigenvalue weighted by Crippen LogP contribution is -2.50. The van der Waals surface area contributed by atoms with Crippen molar-refractivity contribution in [2.45, 2.75) is 72.6 Å². The number of aliphatic carboxylic acids is 1. The molecule has 0 aromatic rings. The van der Waals surface area contributed by atoms with E-state index in [-0.39, 0.29) is 18.3 Å². The van der Waals surface area contributed by atoms with Gasteiger partial charge in [-0.3, -0.25) is 9.59 Å². The number of amides is 1. The van der Waals surface area contributed by atoms with Crippen molar-refractivity contribution >= 4 is 18.0 Å². The maximum atomic E-state index is 12.1. The number of carboxylic acids is 1. The zero-order valence-electron chi connectivity index (χ0n) is 14.8. The van der Waals surface area contributed by atoms with E-state index in [1.165, 1.54) is 6.92 Å². The van der Waals surface area contributed by atoms with Gasteiger partial charge < -0.3 is 19.9 Å². The van der Waals surface area contributed by atoms with Crippen molar-refractivity contribution in [3.05, 3.63) is 0 Å². The number of hydrogen-bond donors (Lipinski definition) is 2. The van der Waals surface area contributed by atoms with Gasteiger partial charge in [0, 0.05) is 12.8 Å². The molecule has 2 N–H and O–H groups in total. The van der Waals surface area contributed by atoms with E-state index >= 15 is 0 Å². The minimum absolute atomic E-state index is 0.216. The first kappa shape index (κ1) is 21.2. The molecular weight excluding hydrogens is 302 g/mol. The number of carbonyl (C=O) groups excluding carboxylic acids is 2. The monoisotopic (exact) mass is 331 g/mol. The van der Waals surface area contributed by atoms with E-state index in [0.717, 1.165) is 6.42 Å². The molecule has 0 aromatic carbocycles. The average Bonchev–Trinajstić information content (AvgIpc) is 2.35. The number of alkyl carbamates (subject to hydrolysis) is 1. The van der Waals surface area contributed by atoms with Gasteiger partial charge in [-0.05, 0) is 19.3 Å². The smallest absolute Gasteiger partial charge is 0.410 e. The van der Waals surface area contributed by atoms with Gasteiger partial charge in [0.15, 0.2) is 0 Å². The molecule has 0 fully saturated rings. The van der Waals surface area contributed by atoms with E-state index in [1.807, 2.05) is 13.8 Å². The first-order valence-corrected chi connectivity index (χ1v) is 7.87. The molecule has 0 spiro atoms. The Bertz CT molecular complexity index is 423. The molecule has 7 heteroatoms. The topological polar surface area (TPSA) is 102 Å². The van der Waals surface area contributed by atoms with Crippen LogP contribution in [0.25, 0.3) is 0 Å². The molecule has 134 valence electrons. The third-order valence-corrected chi connectivity index (χ3v) is 3.49.